The van der Waals surface area contributed by atoms with Gasteiger partial charge in [-0.05, 0) is 62.8 Å². The van der Waals surface area contributed by atoms with Crippen LogP contribution in [0, 0.1) is 11.8 Å². The number of hydrogen-bond donors (Lipinski definition) is 1. The Labute approximate surface area is 179 Å². The minimum Gasteiger partial charge on any atom is -0.477 e. The van der Waals surface area contributed by atoms with Gasteiger partial charge in [-0.1, -0.05) is 26.7 Å². The van der Waals surface area contributed by atoms with Crippen molar-refractivity contribution in [1.82, 2.24) is 0 Å². The molecule has 2 rings (SSSR count). The first-order valence-corrected chi connectivity index (χ1v) is 10.2. The Bertz CT molecular complexity index is 797. The molecule has 172 valence electrons. The second kappa shape index (κ2) is 9.62. The van der Waals surface area contributed by atoms with E-state index in [1.165, 1.54) is 38.1 Å². The highest BCUT2D eigenvalue weighted by atomic mass is 19.3. The van der Waals surface area contributed by atoms with Crippen LogP contribution < -0.4 is 4.74 Å². The van der Waals surface area contributed by atoms with Gasteiger partial charge in [-0.15, -0.1) is 0 Å². The number of carboxylic acid groups (broad SMARTS) is 1. The fraction of sp³-hybridized carbons (Fsp3) is 0.591. The van der Waals surface area contributed by atoms with E-state index in [4.69, 9.17) is 19.3 Å². The van der Waals surface area contributed by atoms with Crippen molar-refractivity contribution in [2.24, 2.45) is 11.8 Å². The summed E-state index contributed by atoms with van der Waals surface area (Å²) in [5.74, 6) is -8.30. The van der Waals surface area contributed by atoms with Gasteiger partial charge in [-0.3, -0.25) is 0 Å². The minimum absolute atomic E-state index is 0.0973. The first-order chi connectivity index (χ1) is 14.3. The van der Waals surface area contributed by atoms with Crippen LogP contribution in [0.4, 0.5) is 13.6 Å². The van der Waals surface area contributed by atoms with E-state index in [0.717, 1.165) is 25.7 Å². The Hall–Kier alpha value is -2.71. The summed E-state index contributed by atoms with van der Waals surface area (Å²) in [4.78, 5) is 35.2. The third-order valence-corrected chi connectivity index (χ3v) is 5.46. The lowest BCUT2D eigenvalue weighted by Gasteiger charge is -2.30. The summed E-state index contributed by atoms with van der Waals surface area (Å²) < 4.78 is 43.0. The molecule has 1 saturated carbocycles. The number of benzene rings is 1. The molecule has 0 spiro atoms. The van der Waals surface area contributed by atoms with Crippen molar-refractivity contribution < 1.29 is 42.5 Å². The SMILES string of the molecule is CC(C)C(OC(=O)c1ccc(OC(=O)OC(C)(C)C2CCCC2)cc1)C(F)(F)C(=O)O. The molecule has 0 bridgehead atoms. The summed E-state index contributed by atoms with van der Waals surface area (Å²) in [5, 5.41) is 8.71. The van der Waals surface area contributed by atoms with Crippen molar-refractivity contribution >= 4 is 18.1 Å². The third kappa shape index (κ3) is 6.15. The van der Waals surface area contributed by atoms with Crippen LogP contribution in [-0.4, -0.2) is 40.8 Å². The van der Waals surface area contributed by atoms with Crippen molar-refractivity contribution in [3.8, 4) is 5.75 Å². The highest BCUT2D eigenvalue weighted by molar-refractivity contribution is 5.90. The van der Waals surface area contributed by atoms with Gasteiger partial charge in [-0.2, -0.15) is 8.78 Å². The number of rotatable bonds is 8. The van der Waals surface area contributed by atoms with Gasteiger partial charge in [0.2, 0.25) is 0 Å². The topological polar surface area (TPSA) is 99.1 Å². The second-order valence-corrected chi connectivity index (χ2v) is 8.56. The van der Waals surface area contributed by atoms with Gasteiger partial charge in [0.05, 0.1) is 5.56 Å². The molecule has 7 nitrogen and oxygen atoms in total. The zero-order valence-electron chi connectivity index (χ0n) is 18.0. The standard InChI is InChI=1S/C22H28F2O7/c1-13(2)17(22(23,24)19(26)27)30-18(25)14-9-11-16(12-10-14)29-20(28)31-21(3,4)15-7-5-6-8-15/h9-13,15,17H,5-8H2,1-4H3,(H,26,27). The summed E-state index contributed by atoms with van der Waals surface area (Å²) in [6.07, 6.45) is 1.14. The van der Waals surface area contributed by atoms with E-state index in [1.54, 1.807) is 0 Å². The molecular formula is C22H28F2O7. The monoisotopic (exact) mass is 442 g/mol. The first kappa shape index (κ1) is 24.6. The summed E-state index contributed by atoms with van der Waals surface area (Å²) in [7, 11) is 0. The highest BCUT2D eigenvalue weighted by Crippen LogP contribution is 2.36. The fourth-order valence-corrected chi connectivity index (χ4v) is 3.63. The largest absolute Gasteiger partial charge is 0.514 e. The average molecular weight is 442 g/mol. The summed E-state index contributed by atoms with van der Waals surface area (Å²) in [5.41, 5.74) is -0.766. The summed E-state index contributed by atoms with van der Waals surface area (Å²) >= 11 is 0. The molecule has 0 radical (unpaired) electrons. The number of aliphatic carboxylic acids is 1. The number of halogens is 2. The lowest BCUT2D eigenvalue weighted by molar-refractivity contribution is -0.187. The van der Waals surface area contributed by atoms with E-state index in [0.29, 0.717) is 0 Å². The Morgan fingerprint density at radius 2 is 1.61 bits per heavy atom. The average Bonchev–Trinajstić information content (AvgIpc) is 3.21. The van der Waals surface area contributed by atoms with E-state index >= 15 is 0 Å². The molecule has 1 fully saturated rings. The molecule has 1 unspecified atom stereocenters. The molecule has 0 aliphatic heterocycles. The number of hydrogen-bond acceptors (Lipinski definition) is 6. The van der Waals surface area contributed by atoms with Gasteiger partial charge in [0.25, 0.3) is 0 Å². The lowest BCUT2D eigenvalue weighted by atomic mass is 9.89. The molecule has 0 heterocycles. The lowest BCUT2D eigenvalue weighted by Crippen LogP contribution is -2.47. The van der Waals surface area contributed by atoms with Crippen molar-refractivity contribution in [2.75, 3.05) is 0 Å². The molecule has 1 atom stereocenters. The van der Waals surface area contributed by atoms with Gasteiger partial charge in [0.1, 0.15) is 11.4 Å². The van der Waals surface area contributed by atoms with Crippen LogP contribution in [-0.2, 0) is 14.3 Å². The maximum Gasteiger partial charge on any atom is 0.514 e. The van der Waals surface area contributed by atoms with Crippen molar-refractivity contribution in [3.63, 3.8) is 0 Å². The molecule has 1 N–H and O–H groups in total. The predicted octanol–water partition coefficient (Wildman–Crippen LogP) is 5.07. The van der Waals surface area contributed by atoms with Crippen LogP contribution in [0.1, 0.15) is 63.7 Å². The number of alkyl halides is 2. The molecule has 1 aliphatic carbocycles. The van der Waals surface area contributed by atoms with E-state index in [1.807, 2.05) is 13.8 Å². The van der Waals surface area contributed by atoms with Crippen molar-refractivity contribution in [1.29, 1.82) is 0 Å². The Morgan fingerprint density at radius 1 is 1.06 bits per heavy atom. The van der Waals surface area contributed by atoms with Crippen LogP contribution >= 0.6 is 0 Å². The molecule has 1 aliphatic rings. The zero-order valence-corrected chi connectivity index (χ0v) is 18.0. The van der Waals surface area contributed by atoms with E-state index in [9.17, 15) is 23.2 Å². The maximum atomic E-state index is 13.8. The van der Waals surface area contributed by atoms with Gasteiger partial charge < -0.3 is 19.3 Å². The number of ether oxygens (including phenoxy) is 3. The Morgan fingerprint density at radius 3 is 2.10 bits per heavy atom. The van der Waals surface area contributed by atoms with E-state index in [-0.39, 0.29) is 17.2 Å². The number of carbonyl (C=O) groups excluding carboxylic acids is 2. The number of carbonyl (C=O) groups is 3. The molecule has 1 aromatic carbocycles. The van der Waals surface area contributed by atoms with Crippen LogP contribution in [0.3, 0.4) is 0 Å². The van der Waals surface area contributed by atoms with Gasteiger partial charge in [0.15, 0.2) is 6.10 Å². The third-order valence-electron chi connectivity index (χ3n) is 5.46. The molecule has 1 aromatic rings. The zero-order chi connectivity index (χ0) is 23.4. The molecule has 31 heavy (non-hydrogen) atoms. The quantitative estimate of drug-likeness (QED) is 0.443. The molecule has 0 amide bonds. The number of carboxylic acids is 1. The van der Waals surface area contributed by atoms with Gasteiger partial charge in [-0.25, -0.2) is 14.4 Å². The van der Waals surface area contributed by atoms with Crippen molar-refractivity contribution in [2.45, 2.75) is 71.0 Å². The van der Waals surface area contributed by atoms with Crippen LogP contribution in [0.15, 0.2) is 24.3 Å². The van der Waals surface area contributed by atoms with Gasteiger partial charge >= 0.3 is 24.0 Å². The fourth-order valence-electron chi connectivity index (χ4n) is 3.63. The Balaban J connectivity index is 1.99. The minimum atomic E-state index is -4.23. The van der Waals surface area contributed by atoms with E-state index < -0.39 is 41.6 Å². The molecule has 0 saturated heterocycles. The molecule has 9 heteroatoms. The van der Waals surface area contributed by atoms with Crippen LogP contribution in [0.2, 0.25) is 0 Å². The maximum absolute atomic E-state index is 13.8. The predicted molar refractivity (Wildman–Crippen MR) is 106 cm³/mol. The van der Waals surface area contributed by atoms with Gasteiger partial charge in [0, 0.05) is 0 Å². The summed E-state index contributed by atoms with van der Waals surface area (Å²) in [6.45, 7) is 6.32. The van der Waals surface area contributed by atoms with Crippen LogP contribution in [0.25, 0.3) is 0 Å². The van der Waals surface area contributed by atoms with E-state index in [2.05, 4.69) is 0 Å². The molecular weight excluding hydrogens is 414 g/mol. The first-order valence-electron chi connectivity index (χ1n) is 10.2. The van der Waals surface area contributed by atoms with Crippen LogP contribution in [0.5, 0.6) is 5.75 Å². The second-order valence-electron chi connectivity index (χ2n) is 8.56. The van der Waals surface area contributed by atoms with Crippen molar-refractivity contribution in [3.05, 3.63) is 29.8 Å². The molecule has 0 aromatic heterocycles. The summed E-state index contributed by atoms with van der Waals surface area (Å²) in [6, 6.07) is 5.03. The number of esters is 1. The Kier molecular flexibility index (Phi) is 7.62. The normalized spacial score (nSPS) is 16.1. The smallest absolute Gasteiger partial charge is 0.477 e. The highest BCUT2D eigenvalue weighted by Gasteiger charge is 2.51.